The van der Waals surface area contributed by atoms with Crippen molar-refractivity contribution in [3.63, 3.8) is 0 Å². The van der Waals surface area contributed by atoms with Crippen LogP contribution >= 0.6 is 27.3 Å². The van der Waals surface area contributed by atoms with Crippen molar-refractivity contribution in [3.8, 4) is 21.9 Å². The number of nitrogens with zero attached hydrogens (tertiary/aromatic N) is 1. The van der Waals surface area contributed by atoms with E-state index < -0.39 is 0 Å². The maximum Gasteiger partial charge on any atom is 0.231 e. The van der Waals surface area contributed by atoms with Crippen molar-refractivity contribution in [2.75, 3.05) is 6.79 Å². The molecular weight excluding hydrogens is 388 g/mol. The zero-order valence-electron chi connectivity index (χ0n) is 12.8. The number of fused-ring (bicyclic) bond motifs is 1. The van der Waals surface area contributed by atoms with Crippen LogP contribution in [0.3, 0.4) is 0 Å². The standard InChI is InChI=1S/C18H15BrN2O2S/c19-14-3-1-2-13(7-14)17-9-21-18(24-17)10-20-8-12-4-5-15-16(6-12)23-11-22-15/h1-7,9,20H,8,10-11H2. The summed E-state index contributed by atoms with van der Waals surface area (Å²) in [6.45, 7) is 1.82. The Morgan fingerprint density at radius 2 is 2.00 bits per heavy atom. The largest absolute Gasteiger partial charge is 0.454 e. The van der Waals surface area contributed by atoms with Gasteiger partial charge in [-0.3, -0.25) is 0 Å². The molecule has 1 N–H and O–H groups in total. The number of aromatic nitrogens is 1. The van der Waals surface area contributed by atoms with E-state index in [9.17, 15) is 0 Å². The van der Waals surface area contributed by atoms with Crippen LogP contribution in [-0.4, -0.2) is 11.8 Å². The molecule has 0 radical (unpaired) electrons. The molecule has 2 aromatic carbocycles. The molecule has 4 nitrogen and oxygen atoms in total. The highest BCUT2D eigenvalue weighted by atomic mass is 79.9. The van der Waals surface area contributed by atoms with E-state index in [0.717, 1.165) is 34.1 Å². The Morgan fingerprint density at radius 3 is 2.92 bits per heavy atom. The molecule has 1 aliphatic heterocycles. The SMILES string of the molecule is Brc1cccc(-c2cnc(CNCc3ccc4c(c3)OCO4)s2)c1. The minimum atomic E-state index is 0.309. The van der Waals surface area contributed by atoms with Gasteiger partial charge in [-0.1, -0.05) is 34.1 Å². The third-order valence-electron chi connectivity index (χ3n) is 3.71. The summed E-state index contributed by atoms with van der Waals surface area (Å²) in [7, 11) is 0. The monoisotopic (exact) mass is 402 g/mol. The van der Waals surface area contributed by atoms with Gasteiger partial charge in [0.05, 0.1) is 4.88 Å². The highest BCUT2D eigenvalue weighted by Crippen LogP contribution is 2.32. The van der Waals surface area contributed by atoms with E-state index >= 15 is 0 Å². The number of thiazole rings is 1. The number of hydrogen-bond acceptors (Lipinski definition) is 5. The van der Waals surface area contributed by atoms with E-state index in [1.807, 2.05) is 30.5 Å². The Bertz CT molecular complexity index is 866. The van der Waals surface area contributed by atoms with Crippen LogP contribution in [0.1, 0.15) is 10.6 Å². The van der Waals surface area contributed by atoms with Crippen molar-refractivity contribution in [2.45, 2.75) is 13.1 Å². The summed E-state index contributed by atoms with van der Waals surface area (Å²) in [5, 5.41) is 4.50. The van der Waals surface area contributed by atoms with Gasteiger partial charge in [-0.15, -0.1) is 11.3 Å². The van der Waals surface area contributed by atoms with Gasteiger partial charge in [-0.2, -0.15) is 0 Å². The minimum Gasteiger partial charge on any atom is -0.454 e. The Morgan fingerprint density at radius 1 is 1.08 bits per heavy atom. The first-order valence-corrected chi connectivity index (χ1v) is 9.19. The molecule has 6 heteroatoms. The molecule has 1 aromatic heterocycles. The molecule has 1 aliphatic rings. The Balaban J connectivity index is 1.37. The second-order valence-electron chi connectivity index (χ2n) is 5.42. The first-order chi connectivity index (χ1) is 11.8. The quantitative estimate of drug-likeness (QED) is 0.677. The molecule has 0 spiro atoms. The first-order valence-electron chi connectivity index (χ1n) is 7.58. The van der Waals surface area contributed by atoms with Crippen LogP contribution in [0, 0.1) is 0 Å². The molecule has 0 bridgehead atoms. The van der Waals surface area contributed by atoms with Gasteiger partial charge < -0.3 is 14.8 Å². The number of ether oxygens (including phenoxy) is 2. The normalized spacial score (nSPS) is 12.5. The average molecular weight is 403 g/mol. The molecular formula is C18H15BrN2O2S. The summed E-state index contributed by atoms with van der Waals surface area (Å²) in [5.41, 5.74) is 2.35. The summed E-state index contributed by atoms with van der Waals surface area (Å²) in [4.78, 5) is 5.68. The predicted molar refractivity (Wildman–Crippen MR) is 98.4 cm³/mol. The molecule has 0 aliphatic carbocycles. The fourth-order valence-corrected chi connectivity index (χ4v) is 3.81. The van der Waals surface area contributed by atoms with Gasteiger partial charge in [0.1, 0.15) is 5.01 Å². The van der Waals surface area contributed by atoms with Gasteiger partial charge in [0, 0.05) is 23.8 Å². The molecule has 0 amide bonds. The number of hydrogen-bond donors (Lipinski definition) is 1. The van der Waals surface area contributed by atoms with Crippen molar-refractivity contribution in [1.82, 2.24) is 10.3 Å². The third-order valence-corrected chi connectivity index (χ3v) is 5.24. The van der Waals surface area contributed by atoms with Gasteiger partial charge in [-0.25, -0.2) is 4.98 Å². The van der Waals surface area contributed by atoms with Gasteiger partial charge in [0.25, 0.3) is 0 Å². The zero-order chi connectivity index (χ0) is 16.4. The number of nitrogens with one attached hydrogen (secondary N) is 1. The van der Waals surface area contributed by atoms with E-state index in [2.05, 4.69) is 44.4 Å². The molecule has 0 atom stereocenters. The van der Waals surface area contributed by atoms with Crippen LogP contribution in [0.15, 0.2) is 53.1 Å². The lowest BCUT2D eigenvalue weighted by molar-refractivity contribution is 0.174. The van der Waals surface area contributed by atoms with Crippen LogP contribution in [0.5, 0.6) is 11.5 Å². The van der Waals surface area contributed by atoms with E-state index in [-0.39, 0.29) is 0 Å². The van der Waals surface area contributed by atoms with Crippen LogP contribution in [0.2, 0.25) is 0 Å². The van der Waals surface area contributed by atoms with Crippen LogP contribution in [-0.2, 0) is 13.1 Å². The molecule has 3 aromatic rings. The van der Waals surface area contributed by atoms with Crippen molar-refractivity contribution < 1.29 is 9.47 Å². The van der Waals surface area contributed by atoms with Gasteiger partial charge >= 0.3 is 0 Å². The Labute approximate surface area is 152 Å². The summed E-state index contributed by atoms with van der Waals surface area (Å²) in [5.74, 6) is 1.64. The number of halogens is 1. The Hall–Kier alpha value is -1.89. The van der Waals surface area contributed by atoms with Crippen LogP contribution in [0.25, 0.3) is 10.4 Å². The second-order valence-corrected chi connectivity index (χ2v) is 7.45. The fraction of sp³-hybridized carbons (Fsp3) is 0.167. The molecule has 0 saturated heterocycles. The highest BCUT2D eigenvalue weighted by Gasteiger charge is 2.13. The van der Waals surface area contributed by atoms with Crippen LogP contribution in [0.4, 0.5) is 0 Å². The maximum atomic E-state index is 5.40. The van der Waals surface area contributed by atoms with Gasteiger partial charge in [0.2, 0.25) is 6.79 Å². The summed E-state index contributed by atoms with van der Waals surface area (Å²) < 4.78 is 11.8. The lowest BCUT2D eigenvalue weighted by atomic mass is 10.2. The third kappa shape index (κ3) is 3.45. The number of benzene rings is 2. The average Bonchev–Trinajstić information content (AvgIpc) is 3.23. The van der Waals surface area contributed by atoms with E-state index in [1.165, 1.54) is 16.0 Å². The van der Waals surface area contributed by atoms with Crippen molar-refractivity contribution >= 4 is 27.3 Å². The van der Waals surface area contributed by atoms with Crippen molar-refractivity contribution in [3.05, 3.63) is 63.7 Å². The molecule has 0 saturated carbocycles. The summed E-state index contributed by atoms with van der Waals surface area (Å²) in [6, 6.07) is 14.3. The molecule has 0 unspecified atom stereocenters. The Kier molecular flexibility index (Phi) is 4.51. The van der Waals surface area contributed by atoms with Crippen molar-refractivity contribution in [1.29, 1.82) is 0 Å². The van der Waals surface area contributed by atoms with Crippen molar-refractivity contribution in [2.24, 2.45) is 0 Å². The maximum absolute atomic E-state index is 5.40. The topological polar surface area (TPSA) is 43.4 Å². The molecule has 2 heterocycles. The predicted octanol–water partition coefficient (Wildman–Crippen LogP) is 4.59. The minimum absolute atomic E-state index is 0.309. The molecule has 0 fully saturated rings. The zero-order valence-corrected chi connectivity index (χ0v) is 15.2. The molecule has 122 valence electrons. The van der Waals surface area contributed by atoms with E-state index in [4.69, 9.17) is 9.47 Å². The van der Waals surface area contributed by atoms with Gasteiger partial charge in [0.15, 0.2) is 11.5 Å². The van der Waals surface area contributed by atoms with E-state index in [0.29, 0.717) is 6.79 Å². The second kappa shape index (κ2) is 6.93. The summed E-state index contributed by atoms with van der Waals surface area (Å²) in [6.07, 6.45) is 1.93. The first kappa shape index (κ1) is 15.6. The molecule has 24 heavy (non-hydrogen) atoms. The number of rotatable bonds is 5. The van der Waals surface area contributed by atoms with Gasteiger partial charge in [-0.05, 0) is 35.4 Å². The lowest BCUT2D eigenvalue weighted by Gasteiger charge is -2.04. The lowest BCUT2D eigenvalue weighted by Crippen LogP contribution is -2.12. The highest BCUT2D eigenvalue weighted by molar-refractivity contribution is 9.10. The summed E-state index contributed by atoms with van der Waals surface area (Å²) >= 11 is 5.22. The van der Waals surface area contributed by atoms with Crippen LogP contribution < -0.4 is 14.8 Å². The van der Waals surface area contributed by atoms with E-state index in [1.54, 1.807) is 11.3 Å². The molecule has 4 rings (SSSR count). The smallest absolute Gasteiger partial charge is 0.231 e. The fourth-order valence-electron chi connectivity index (χ4n) is 2.53.